The van der Waals surface area contributed by atoms with Crippen molar-refractivity contribution in [3.63, 3.8) is 0 Å². The van der Waals surface area contributed by atoms with Gasteiger partial charge in [0.1, 0.15) is 12.4 Å². The Morgan fingerprint density at radius 2 is 1.60 bits per heavy atom. The second-order valence-corrected chi connectivity index (χ2v) is 7.39. The second-order valence-electron chi connectivity index (χ2n) is 7.39. The molecule has 0 radical (unpaired) electrons. The summed E-state index contributed by atoms with van der Waals surface area (Å²) in [6, 6.07) is 0. The van der Waals surface area contributed by atoms with Crippen LogP contribution in [0.5, 0.6) is 0 Å². The highest BCUT2D eigenvalue weighted by atomic mass is 16.5. The van der Waals surface area contributed by atoms with Crippen molar-refractivity contribution in [1.82, 2.24) is 10.2 Å². The third-order valence-corrected chi connectivity index (χ3v) is 3.97. The van der Waals surface area contributed by atoms with Crippen LogP contribution >= 0.6 is 0 Å². The van der Waals surface area contributed by atoms with Crippen molar-refractivity contribution in [2.45, 2.75) is 41.5 Å². The van der Waals surface area contributed by atoms with Gasteiger partial charge in [-0.15, -0.1) is 0 Å². The van der Waals surface area contributed by atoms with Gasteiger partial charge in [-0.1, -0.05) is 41.5 Å². The van der Waals surface area contributed by atoms with Crippen LogP contribution in [0, 0.1) is 17.8 Å². The maximum Gasteiger partial charge on any atom is 0.186 e. The number of hydrogen-bond donors (Lipinski definition) is 1. The summed E-state index contributed by atoms with van der Waals surface area (Å²) in [5, 5.41) is 3.21. The fourth-order valence-corrected chi connectivity index (χ4v) is 2.68. The van der Waals surface area contributed by atoms with E-state index in [0.717, 1.165) is 45.2 Å². The smallest absolute Gasteiger partial charge is 0.186 e. The van der Waals surface area contributed by atoms with E-state index in [-0.39, 0.29) is 0 Å². The van der Waals surface area contributed by atoms with Crippen molar-refractivity contribution in [2.75, 3.05) is 46.4 Å². The molecular weight excluding hydrogens is 314 g/mol. The Bertz CT molecular complexity index is 452. The topological polar surface area (TPSA) is 61.6 Å². The Morgan fingerprint density at radius 3 is 1.84 bits per heavy atom. The maximum absolute atomic E-state index is 5.16. The van der Waals surface area contributed by atoms with Crippen molar-refractivity contribution in [2.24, 2.45) is 32.7 Å². The first kappa shape index (κ1) is 21.5. The summed E-state index contributed by atoms with van der Waals surface area (Å²) in [5.41, 5.74) is 0. The van der Waals surface area contributed by atoms with Gasteiger partial charge in [-0.05, 0) is 0 Å². The quantitative estimate of drug-likeness (QED) is 0.850. The lowest BCUT2D eigenvalue weighted by molar-refractivity contribution is 0.328. The molecule has 144 valence electrons. The molecule has 0 atom stereocenters. The van der Waals surface area contributed by atoms with Gasteiger partial charge in [0.25, 0.3) is 0 Å². The number of rotatable bonds is 3. The fraction of sp³-hybridized carbons (Fsp3) is 0.842. The van der Waals surface area contributed by atoms with Gasteiger partial charge in [-0.2, -0.15) is 0 Å². The van der Waals surface area contributed by atoms with Gasteiger partial charge in [-0.3, -0.25) is 15.0 Å². The molecule has 6 heteroatoms. The Kier molecular flexibility index (Phi) is 9.53. The number of nitrogens with one attached hydrogen (secondary N) is 1. The normalized spacial score (nSPS) is 18.8. The lowest BCUT2D eigenvalue weighted by atomic mass is 10.2. The third-order valence-electron chi connectivity index (χ3n) is 3.97. The Balaban J connectivity index is 0.000000188. The Morgan fingerprint density at radius 1 is 0.880 bits per heavy atom. The monoisotopic (exact) mass is 351 g/mol. The fourth-order valence-electron chi connectivity index (χ4n) is 2.68. The average Bonchev–Trinajstić information content (AvgIpc) is 3.31. The van der Waals surface area contributed by atoms with Crippen molar-refractivity contribution < 1.29 is 4.74 Å². The van der Waals surface area contributed by atoms with E-state index in [1.165, 1.54) is 11.7 Å². The third kappa shape index (κ3) is 7.88. The van der Waals surface area contributed by atoms with Crippen molar-refractivity contribution in [1.29, 1.82) is 0 Å². The van der Waals surface area contributed by atoms with Gasteiger partial charge < -0.3 is 15.0 Å². The van der Waals surface area contributed by atoms with Gasteiger partial charge in [0.2, 0.25) is 0 Å². The largest absolute Gasteiger partial charge is 0.479 e. The first-order chi connectivity index (χ1) is 11.8. The molecule has 3 rings (SSSR count). The van der Waals surface area contributed by atoms with E-state index < -0.39 is 0 Å². The van der Waals surface area contributed by atoms with E-state index in [4.69, 9.17) is 4.74 Å². The molecule has 0 aromatic rings. The molecule has 0 unspecified atom stereocenters. The summed E-state index contributed by atoms with van der Waals surface area (Å²) in [5.74, 6) is 5.00. The van der Waals surface area contributed by atoms with Crippen LogP contribution in [-0.4, -0.2) is 68.8 Å². The molecule has 0 saturated carbocycles. The van der Waals surface area contributed by atoms with Crippen molar-refractivity contribution >= 4 is 17.6 Å². The predicted molar refractivity (Wildman–Crippen MR) is 108 cm³/mol. The molecule has 3 aliphatic rings. The first-order valence-corrected chi connectivity index (χ1v) is 9.53. The number of likely N-dealkylation sites (N-methyl/N-ethyl adjacent to an activating group) is 1. The molecule has 3 aliphatic heterocycles. The molecule has 0 bridgehead atoms. The highest BCUT2D eigenvalue weighted by molar-refractivity contribution is 5.85. The molecule has 0 aromatic carbocycles. The van der Waals surface area contributed by atoms with E-state index in [9.17, 15) is 0 Å². The molecule has 1 N–H and O–H groups in total. The minimum Gasteiger partial charge on any atom is -0.479 e. The number of amidine groups is 2. The molecule has 0 fully saturated rings. The van der Waals surface area contributed by atoms with Gasteiger partial charge in [0.05, 0.1) is 25.5 Å². The summed E-state index contributed by atoms with van der Waals surface area (Å²) in [6.45, 7) is 18.6. The Hall–Kier alpha value is -1.59. The summed E-state index contributed by atoms with van der Waals surface area (Å²) in [7, 11) is 2.10. The van der Waals surface area contributed by atoms with Crippen LogP contribution < -0.4 is 5.32 Å². The van der Waals surface area contributed by atoms with Crippen LogP contribution in [0.2, 0.25) is 0 Å². The van der Waals surface area contributed by atoms with E-state index >= 15 is 0 Å². The molecule has 6 nitrogen and oxygen atoms in total. The molecular formula is C19H37N5O. The SMILES string of the molecule is CC(C)C1=NCCN1.CC(C)C1=NCCN1C.CC(C)C1=NCCO1. The first-order valence-electron chi connectivity index (χ1n) is 9.53. The molecule has 25 heavy (non-hydrogen) atoms. The summed E-state index contributed by atoms with van der Waals surface area (Å²) < 4.78 is 5.16. The van der Waals surface area contributed by atoms with Gasteiger partial charge in [0.15, 0.2) is 5.90 Å². The minimum absolute atomic E-state index is 0.470. The van der Waals surface area contributed by atoms with E-state index in [1.54, 1.807) is 0 Å². The van der Waals surface area contributed by atoms with Crippen LogP contribution in [0.1, 0.15) is 41.5 Å². The zero-order valence-corrected chi connectivity index (χ0v) is 17.2. The van der Waals surface area contributed by atoms with E-state index in [0.29, 0.717) is 17.8 Å². The minimum atomic E-state index is 0.470. The van der Waals surface area contributed by atoms with Crippen LogP contribution in [-0.2, 0) is 4.74 Å². The molecule has 0 aromatic heterocycles. The van der Waals surface area contributed by atoms with Crippen LogP contribution in [0.3, 0.4) is 0 Å². The van der Waals surface area contributed by atoms with Crippen LogP contribution in [0.25, 0.3) is 0 Å². The number of hydrogen-bond acceptors (Lipinski definition) is 6. The Labute approximate surface area is 153 Å². The molecule has 0 spiro atoms. The number of nitrogens with zero attached hydrogens (tertiary/aromatic N) is 4. The average molecular weight is 352 g/mol. The summed E-state index contributed by atoms with van der Waals surface area (Å²) in [6.07, 6.45) is 0. The predicted octanol–water partition coefficient (Wildman–Crippen LogP) is 2.70. The number of ether oxygens (including phenoxy) is 1. The number of aliphatic imine (C=N–C) groups is 3. The highest BCUT2D eigenvalue weighted by Gasteiger charge is 2.14. The van der Waals surface area contributed by atoms with Crippen LogP contribution in [0.4, 0.5) is 0 Å². The second kappa shape index (κ2) is 11.1. The highest BCUT2D eigenvalue weighted by Crippen LogP contribution is 2.06. The van der Waals surface area contributed by atoms with Crippen LogP contribution in [0.15, 0.2) is 15.0 Å². The maximum atomic E-state index is 5.16. The van der Waals surface area contributed by atoms with Gasteiger partial charge >= 0.3 is 0 Å². The molecule has 0 aliphatic carbocycles. The van der Waals surface area contributed by atoms with Crippen molar-refractivity contribution in [3.8, 4) is 0 Å². The standard InChI is InChI=1S/C7H14N2.C6H12N2.C6H11NO/c1-6(2)7-8-4-5-9(7)3;2*1-5(2)6-7-3-4-8-6/h6H,4-5H2,1-3H3;5H,3-4H2,1-2H3,(H,7,8);5H,3-4H2,1-2H3. The molecule has 0 saturated heterocycles. The van der Waals surface area contributed by atoms with E-state index in [1.807, 2.05) is 0 Å². The lowest BCUT2D eigenvalue weighted by Gasteiger charge is -2.15. The lowest BCUT2D eigenvalue weighted by Crippen LogP contribution is -2.26. The summed E-state index contributed by atoms with van der Waals surface area (Å²) >= 11 is 0. The van der Waals surface area contributed by atoms with Crippen molar-refractivity contribution in [3.05, 3.63) is 0 Å². The van der Waals surface area contributed by atoms with E-state index in [2.05, 4.69) is 73.8 Å². The zero-order valence-electron chi connectivity index (χ0n) is 17.2. The van der Waals surface area contributed by atoms with Gasteiger partial charge in [-0.25, -0.2) is 0 Å². The zero-order chi connectivity index (χ0) is 18.8. The molecule has 3 heterocycles. The van der Waals surface area contributed by atoms with Gasteiger partial charge in [0, 0.05) is 37.9 Å². The summed E-state index contributed by atoms with van der Waals surface area (Å²) in [4.78, 5) is 15.0. The molecule has 0 amide bonds.